The molecule has 5 heteroatoms. The molecule has 0 aromatic heterocycles. The number of rotatable bonds is 4. The van der Waals surface area contributed by atoms with Gasteiger partial charge in [-0.1, -0.05) is 12.2 Å². The molecule has 1 aromatic rings. The molecule has 0 fully saturated rings. The Labute approximate surface area is 103 Å². The number of aryl methyl sites for hydroxylation is 1. The first-order valence-corrected chi connectivity index (χ1v) is 6.73. The summed E-state index contributed by atoms with van der Waals surface area (Å²) < 4.78 is 26.6. The van der Waals surface area contributed by atoms with Crippen LogP contribution in [0, 0.1) is 13.8 Å². The standard InChI is InChI=1S/C12H18N2O2S/c1-8(2)7-14-17(15,16)12-6-11(13)5-9(3)10(12)4/h5-6,14H,1,7,13H2,2-4H3. The molecule has 0 heterocycles. The topological polar surface area (TPSA) is 72.2 Å². The van der Waals surface area contributed by atoms with Crippen LogP contribution in [0.5, 0.6) is 0 Å². The second-order valence-electron chi connectivity index (χ2n) is 4.24. The first-order chi connectivity index (χ1) is 7.74. The van der Waals surface area contributed by atoms with E-state index in [-0.39, 0.29) is 11.4 Å². The number of hydrogen-bond acceptors (Lipinski definition) is 3. The van der Waals surface area contributed by atoms with E-state index in [4.69, 9.17) is 5.73 Å². The fraction of sp³-hybridized carbons (Fsp3) is 0.333. The number of nitrogens with one attached hydrogen (secondary N) is 1. The first-order valence-electron chi connectivity index (χ1n) is 5.25. The summed E-state index contributed by atoms with van der Waals surface area (Å²) in [6.07, 6.45) is 0. The van der Waals surface area contributed by atoms with Gasteiger partial charge in [0, 0.05) is 12.2 Å². The number of anilines is 1. The van der Waals surface area contributed by atoms with Crippen LogP contribution in [0.25, 0.3) is 0 Å². The number of hydrogen-bond donors (Lipinski definition) is 2. The molecule has 0 spiro atoms. The van der Waals surface area contributed by atoms with Crippen LogP contribution < -0.4 is 10.5 Å². The number of sulfonamides is 1. The lowest BCUT2D eigenvalue weighted by Gasteiger charge is -2.12. The van der Waals surface area contributed by atoms with E-state index in [0.717, 1.165) is 11.1 Å². The van der Waals surface area contributed by atoms with Crippen LogP contribution in [0.3, 0.4) is 0 Å². The van der Waals surface area contributed by atoms with Crippen LogP contribution in [0.15, 0.2) is 29.2 Å². The van der Waals surface area contributed by atoms with Gasteiger partial charge in [-0.15, -0.1) is 0 Å². The fourth-order valence-electron chi connectivity index (χ4n) is 1.43. The lowest BCUT2D eigenvalue weighted by atomic mass is 10.1. The molecule has 0 saturated carbocycles. The molecule has 0 unspecified atom stereocenters. The Morgan fingerprint density at radius 1 is 1.41 bits per heavy atom. The van der Waals surface area contributed by atoms with Crippen LogP contribution in [-0.4, -0.2) is 15.0 Å². The Balaban J connectivity index is 3.19. The van der Waals surface area contributed by atoms with Crippen molar-refractivity contribution in [3.8, 4) is 0 Å². The van der Waals surface area contributed by atoms with Crippen molar-refractivity contribution in [2.24, 2.45) is 0 Å². The van der Waals surface area contributed by atoms with Gasteiger partial charge in [0.15, 0.2) is 0 Å². The predicted molar refractivity (Wildman–Crippen MR) is 70.3 cm³/mol. The number of nitrogen functional groups attached to an aromatic ring is 1. The molecule has 0 aliphatic rings. The van der Waals surface area contributed by atoms with Gasteiger partial charge in [0.2, 0.25) is 10.0 Å². The second-order valence-corrected chi connectivity index (χ2v) is 5.98. The molecule has 0 amide bonds. The monoisotopic (exact) mass is 254 g/mol. The highest BCUT2D eigenvalue weighted by molar-refractivity contribution is 7.89. The third kappa shape index (κ3) is 3.31. The van der Waals surface area contributed by atoms with Crippen LogP contribution in [0.1, 0.15) is 18.1 Å². The van der Waals surface area contributed by atoms with E-state index in [9.17, 15) is 8.42 Å². The van der Waals surface area contributed by atoms with Gasteiger partial charge in [0.25, 0.3) is 0 Å². The summed E-state index contributed by atoms with van der Waals surface area (Å²) >= 11 is 0. The maximum Gasteiger partial charge on any atom is 0.241 e. The van der Waals surface area contributed by atoms with Gasteiger partial charge in [-0.2, -0.15) is 0 Å². The van der Waals surface area contributed by atoms with Gasteiger partial charge in [-0.05, 0) is 44.0 Å². The van der Waals surface area contributed by atoms with Crippen LogP contribution in [0.4, 0.5) is 5.69 Å². The normalized spacial score (nSPS) is 11.5. The molecular formula is C12H18N2O2S. The summed E-state index contributed by atoms with van der Waals surface area (Å²) in [5.41, 5.74) is 8.45. The zero-order chi connectivity index (χ0) is 13.2. The number of nitrogens with two attached hydrogens (primary N) is 1. The fourth-order valence-corrected chi connectivity index (χ4v) is 2.88. The molecule has 17 heavy (non-hydrogen) atoms. The highest BCUT2D eigenvalue weighted by Crippen LogP contribution is 2.22. The Morgan fingerprint density at radius 2 is 2.00 bits per heavy atom. The molecule has 1 rings (SSSR count). The summed E-state index contributed by atoms with van der Waals surface area (Å²) in [6, 6.07) is 3.23. The Morgan fingerprint density at radius 3 is 2.53 bits per heavy atom. The summed E-state index contributed by atoms with van der Waals surface area (Å²) in [5, 5.41) is 0. The number of benzene rings is 1. The van der Waals surface area contributed by atoms with Crippen molar-refractivity contribution in [2.75, 3.05) is 12.3 Å². The summed E-state index contributed by atoms with van der Waals surface area (Å²) in [6.45, 7) is 9.26. The molecule has 0 bridgehead atoms. The first kappa shape index (κ1) is 13.7. The minimum absolute atomic E-state index is 0.232. The van der Waals surface area contributed by atoms with Crippen molar-refractivity contribution in [3.63, 3.8) is 0 Å². The Kier molecular flexibility index (Phi) is 3.95. The van der Waals surface area contributed by atoms with Crippen molar-refractivity contribution in [1.29, 1.82) is 0 Å². The van der Waals surface area contributed by atoms with Gasteiger partial charge < -0.3 is 5.73 Å². The van der Waals surface area contributed by atoms with Gasteiger partial charge in [-0.3, -0.25) is 0 Å². The van der Waals surface area contributed by atoms with Crippen molar-refractivity contribution >= 4 is 15.7 Å². The minimum atomic E-state index is -3.52. The van der Waals surface area contributed by atoms with E-state index in [1.165, 1.54) is 6.07 Å². The van der Waals surface area contributed by atoms with Crippen LogP contribution >= 0.6 is 0 Å². The molecule has 94 valence electrons. The van der Waals surface area contributed by atoms with E-state index in [1.54, 1.807) is 19.9 Å². The lowest BCUT2D eigenvalue weighted by molar-refractivity contribution is 0.584. The van der Waals surface area contributed by atoms with Gasteiger partial charge in [-0.25, -0.2) is 13.1 Å². The van der Waals surface area contributed by atoms with Gasteiger partial charge >= 0.3 is 0 Å². The summed E-state index contributed by atoms with van der Waals surface area (Å²) in [5.74, 6) is 0. The molecule has 1 aromatic carbocycles. The largest absolute Gasteiger partial charge is 0.399 e. The molecule has 0 atom stereocenters. The quantitative estimate of drug-likeness (QED) is 0.635. The van der Waals surface area contributed by atoms with Gasteiger partial charge in [0.1, 0.15) is 0 Å². The van der Waals surface area contributed by atoms with Crippen molar-refractivity contribution in [3.05, 3.63) is 35.4 Å². The molecule has 3 N–H and O–H groups in total. The molecule has 0 radical (unpaired) electrons. The minimum Gasteiger partial charge on any atom is -0.399 e. The summed E-state index contributed by atoms with van der Waals surface area (Å²) in [4.78, 5) is 0.233. The van der Waals surface area contributed by atoms with Gasteiger partial charge in [0.05, 0.1) is 4.90 Å². The molecule has 4 nitrogen and oxygen atoms in total. The van der Waals surface area contributed by atoms with Crippen LogP contribution in [-0.2, 0) is 10.0 Å². The average molecular weight is 254 g/mol. The molecular weight excluding hydrogens is 236 g/mol. The predicted octanol–water partition coefficient (Wildman–Crippen LogP) is 1.74. The molecule has 0 saturated heterocycles. The highest BCUT2D eigenvalue weighted by Gasteiger charge is 2.17. The SMILES string of the molecule is C=C(C)CNS(=O)(=O)c1cc(N)cc(C)c1C. The second kappa shape index (κ2) is 4.89. The third-order valence-electron chi connectivity index (χ3n) is 2.50. The zero-order valence-electron chi connectivity index (χ0n) is 10.4. The van der Waals surface area contributed by atoms with E-state index in [0.29, 0.717) is 11.3 Å². The maximum atomic E-state index is 12.1. The Bertz CT molecular complexity index is 548. The maximum absolute atomic E-state index is 12.1. The van der Waals surface area contributed by atoms with Crippen molar-refractivity contribution < 1.29 is 8.42 Å². The summed E-state index contributed by atoms with van der Waals surface area (Å²) in [7, 11) is -3.52. The van der Waals surface area contributed by atoms with Crippen LogP contribution in [0.2, 0.25) is 0 Å². The van der Waals surface area contributed by atoms with E-state index in [2.05, 4.69) is 11.3 Å². The average Bonchev–Trinajstić information content (AvgIpc) is 2.20. The lowest BCUT2D eigenvalue weighted by Crippen LogP contribution is -2.26. The zero-order valence-corrected chi connectivity index (χ0v) is 11.2. The van der Waals surface area contributed by atoms with Crippen molar-refractivity contribution in [2.45, 2.75) is 25.7 Å². The van der Waals surface area contributed by atoms with E-state index in [1.807, 2.05) is 6.92 Å². The highest BCUT2D eigenvalue weighted by atomic mass is 32.2. The van der Waals surface area contributed by atoms with E-state index < -0.39 is 10.0 Å². The molecule has 0 aliphatic heterocycles. The van der Waals surface area contributed by atoms with E-state index >= 15 is 0 Å². The third-order valence-corrected chi connectivity index (χ3v) is 4.02. The molecule has 0 aliphatic carbocycles. The van der Waals surface area contributed by atoms with Crippen molar-refractivity contribution in [1.82, 2.24) is 4.72 Å². The Hall–Kier alpha value is -1.33. The smallest absolute Gasteiger partial charge is 0.241 e.